The second kappa shape index (κ2) is 12.6. The van der Waals surface area contributed by atoms with E-state index in [1.165, 1.54) is 11.1 Å². The van der Waals surface area contributed by atoms with Gasteiger partial charge in [-0.1, -0.05) is 60.7 Å². The van der Waals surface area contributed by atoms with Crippen LogP contribution in [0.3, 0.4) is 0 Å². The second-order valence-corrected chi connectivity index (χ2v) is 11.9. The predicted molar refractivity (Wildman–Crippen MR) is 148 cm³/mol. The molecule has 2 aromatic rings. The van der Waals surface area contributed by atoms with E-state index in [2.05, 4.69) is 65.6 Å². The SMILES string of the molecule is CC(C)(C)OC(=O)N1C2CCCC1C(=O)N(CC(CCCc1ccccc1)CCCc1ccccc1)C2. The molecule has 5 heteroatoms. The first-order valence-corrected chi connectivity index (χ1v) is 14.2. The molecule has 5 nitrogen and oxygen atoms in total. The maximum absolute atomic E-state index is 13.6. The number of benzene rings is 2. The Morgan fingerprint density at radius 2 is 1.49 bits per heavy atom. The highest BCUT2D eigenvalue weighted by atomic mass is 16.6. The zero-order chi connectivity index (χ0) is 26.3. The summed E-state index contributed by atoms with van der Waals surface area (Å²) < 4.78 is 5.68. The van der Waals surface area contributed by atoms with E-state index >= 15 is 0 Å². The van der Waals surface area contributed by atoms with Gasteiger partial charge in [-0.2, -0.15) is 0 Å². The van der Waals surface area contributed by atoms with Gasteiger partial charge in [0.05, 0.1) is 6.04 Å². The van der Waals surface area contributed by atoms with Crippen LogP contribution in [0.2, 0.25) is 0 Å². The summed E-state index contributed by atoms with van der Waals surface area (Å²) in [6.45, 7) is 7.07. The Morgan fingerprint density at radius 3 is 2.03 bits per heavy atom. The number of carbonyl (C=O) groups is 2. The average Bonchev–Trinajstić information content (AvgIpc) is 2.87. The maximum atomic E-state index is 13.6. The van der Waals surface area contributed by atoms with E-state index in [0.29, 0.717) is 12.5 Å². The van der Waals surface area contributed by atoms with Crippen molar-refractivity contribution in [3.8, 4) is 0 Å². The van der Waals surface area contributed by atoms with Crippen LogP contribution >= 0.6 is 0 Å². The van der Waals surface area contributed by atoms with Crippen LogP contribution in [0.25, 0.3) is 0 Å². The van der Waals surface area contributed by atoms with Gasteiger partial charge in [0.15, 0.2) is 0 Å². The topological polar surface area (TPSA) is 49.9 Å². The summed E-state index contributed by atoms with van der Waals surface area (Å²) >= 11 is 0. The summed E-state index contributed by atoms with van der Waals surface area (Å²) in [6.07, 6.45) is 8.94. The molecular formula is C32H44N2O3. The van der Waals surface area contributed by atoms with Gasteiger partial charge in [-0.3, -0.25) is 9.69 Å². The van der Waals surface area contributed by atoms with Crippen molar-refractivity contribution >= 4 is 12.0 Å². The number of amides is 2. The molecule has 200 valence electrons. The summed E-state index contributed by atoms with van der Waals surface area (Å²) in [5.41, 5.74) is 2.19. The molecule has 0 radical (unpaired) electrons. The van der Waals surface area contributed by atoms with Crippen molar-refractivity contribution in [3.63, 3.8) is 0 Å². The van der Waals surface area contributed by atoms with Crippen molar-refractivity contribution in [1.29, 1.82) is 0 Å². The van der Waals surface area contributed by atoms with E-state index in [9.17, 15) is 9.59 Å². The molecule has 2 bridgehead atoms. The fourth-order valence-electron chi connectivity index (χ4n) is 5.93. The van der Waals surface area contributed by atoms with E-state index in [1.54, 1.807) is 4.90 Å². The minimum Gasteiger partial charge on any atom is -0.444 e. The van der Waals surface area contributed by atoms with Gasteiger partial charge >= 0.3 is 6.09 Å². The number of carbonyl (C=O) groups excluding carboxylic acids is 2. The summed E-state index contributed by atoms with van der Waals surface area (Å²) in [4.78, 5) is 30.4. The van der Waals surface area contributed by atoms with Gasteiger partial charge in [0.2, 0.25) is 5.91 Å². The van der Waals surface area contributed by atoms with Crippen LogP contribution < -0.4 is 0 Å². The Balaban J connectivity index is 1.39. The van der Waals surface area contributed by atoms with Crippen molar-refractivity contribution in [1.82, 2.24) is 9.80 Å². The lowest BCUT2D eigenvalue weighted by molar-refractivity contribution is -0.148. The Bertz CT molecular complexity index is 956. The molecule has 0 aromatic heterocycles. The van der Waals surface area contributed by atoms with Gasteiger partial charge in [-0.15, -0.1) is 0 Å². The molecular weight excluding hydrogens is 460 g/mol. The lowest BCUT2D eigenvalue weighted by Crippen LogP contribution is -2.66. The lowest BCUT2D eigenvalue weighted by Gasteiger charge is -2.49. The molecule has 2 aliphatic heterocycles. The Hall–Kier alpha value is -2.82. The van der Waals surface area contributed by atoms with Crippen LogP contribution in [0.15, 0.2) is 60.7 Å². The highest BCUT2D eigenvalue weighted by molar-refractivity contribution is 5.87. The highest BCUT2D eigenvalue weighted by Gasteiger charge is 2.46. The van der Waals surface area contributed by atoms with Crippen molar-refractivity contribution in [3.05, 3.63) is 71.8 Å². The lowest BCUT2D eigenvalue weighted by atomic mass is 9.88. The van der Waals surface area contributed by atoms with Gasteiger partial charge in [0.25, 0.3) is 0 Å². The number of piperidine rings is 1. The largest absolute Gasteiger partial charge is 0.444 e. The van der Waals surface area contributed by atoms with E-state index in [4.69, 9.17) is 4.74 Å². The molecule has 2 heterocycles. The zero-order valence-electron chi connectivity index (χ0n) is 22.9. The van der Waals surface area contributed by atoms with Crippen molar-refractivity contribution in [2.45, 2.75) is 96.2 Å². The van der Waals surface area contributed by atoms with Crippen molar-refractivity contribution in [2.24, 2.45) is 5.92 Å². The average molecular weight is 505 g/mol. The van der Waals surface area contributed by atoms with Gasteiger partial charge in [-0.25, -0.2) is 4.79 Å². The van der Waals surface area contributed by atoms with Crippen LogP contribution in [0, 0.1) is 5.92 Å². The quantitative estimate of drug-likeness (QED) is 0.364. The Labute approximate surface area is 223 Å². The number of rotatable bonds is 10. The second-order valence-electron chi connectivity index (χ2n) is 11.9. The van der Waals surface area contributed by atoms with Gasteiger partial charge in [-0.05, 0) is 95.6 Å². The highest BCUT2D eigenvalue weighted by Crippen LogP contribution is 2.32. The maximum Gasteiger partial charge on any atom is 0.411 e. The van der Waals surface area contributed by atoms with E-state index in [-0.39, 0.29) is 24.1 Å². The molecule has 2 fully saturated rings. The van der Waals surface area contributed by atoms with E-state index < -0.39 is 5.60 Å². The van der Waals surface area contributed by atoms with Crippen LogP contribution in [0.4, 0.5) is 4.79 Å². The van der Waals surface area contributed by atoms with E-state index in [0.717, 1.165) is 64.3 Å². The molecule has 2 saturated heterocycles. The number of nitrogens with zero attached hydrogens (tertiary/aromatic N) is 2. The fourth-order valence-corrected chi connectivity index (χ4v) is 5.93. The monoisotopic (exact) mass is 504 g/mol. The van der Waals surface area contributed by atoms with Gasteiger partial charge < -0.3 is 9.64 Å². The number of likely N-dealkylation sites (tertiary alicyclic amines) is 1. The first kappa shape index (κ1) is 27.2. The first-order chi connectivity index (χ1) is 17.8. The van der Waals surface area contributed by atoms with Crippen LogP contribution in [-0.2, 0) is 22.4 Å². The third-order valence-corrected chi connectivity index (χ3v) is 7.70. The zero-order valence-corrected chi connectivity index (χ0v) is 22.9. The van der Waals surface area contributed by atoms with Crippen molar-refractivity contribution in [2.75, 3.05) is 13.1 Å². The molecule has 37 heavy (non-hydrogen) atoms. The molecule has 2 aliphatic rings. The van der Waals surface area contributed by atoms with Crippen LogP contribution in [-0.4, -0.2) is 52.6 Å². The molecule has 2 atom stereocenters. The molecule has 2 aromatic carbocycles. The third kappa shape index (κ3) is 7.83. The summed E-state index contributed by atoms with van der Waals surface area (Å²) in [5.74, 6) is 0.572. The minimum atomic E-state index is -0.561. The Morgan fingerprint density at radius 1 is 0.919 bits per heavy atom. The number of ether oxygens (including phenoxy) is 1. The number of hydrogen-bond acceptors (Lipinski definition) is 3. The molecule has 2 unspecified atom stereocenters. The van der Waals surface area contributed by atoms with Crippen LogP contribution in [0.5, 0.6) is 0 Å². The van der Waals surface area contributed by atoms with Crippen LogP contribution in [0.1, 0.15) is 76.8 Å². The molecule has 0 saturated carbocycles. The first-order valence-electron chi connectivity index (χ1n) is 14.2. The van der Waals surface area contributed by atoms with Crippen molar-refractivity contribution < 1.29 is 14.3 Å². The Kier molecular flexibility index (Phi) is 9.28. The molecule has 0 N–H and O–H groups in total. The number of hydrogen-bond donors (Lipinski definition) is 0. The number of fused-ring (bicyclic) bond motifs is 2. The number of piperazine rings is 1. The fraction of sp³-hybridized carbons (Fsp3) is 0.562. The predicted octanol–water partition coefficient (Wildman–Crippen LogP) is 6.65. The van der Waals surface area contributed by atoms with Gasteiger partial charge in [0, 0.05) is 13.1 Å². The smallest absolute Gasteiger partial charge is 0.411 e. The molecule has 2 amide bonds. The summed E-state index contributed by atoms with van der Waals surface area (Å²) in [6, 6.07) is 21.0. The molecule has 0 spiro atoms. The third-order valence-electron chi connectivity index (χ3n) is 7.70. The molecule has 0 aliphatic carbocycles. The standard InChI is InChI=1S/C32H44N2O3/c1-32(2,3)37-31(36)34-28-21-12-22-29(34)30(35)33(24-28)23-27(19-10-17-25-13-6-4-7-14-25)20-11-18-26-15-8-5-9-16-26/h4-9,13-16,27-29H,10-12,17-24H2,1-3H3. The van der Waals surface area contributed by atoms with E-state index in [1.807, 2.05) is 20.8 Å². The number of aryl methyl sites for hydroxylation is 2. The minimum absolute atomic E-state index is 0.0561. The normalized spacial score (nSPS) is 19.8. The summed E-state index contributed by atoms with van der Waals surface area (Å²) in [5, 5.41) is 0. The summed E-state index contributed by atoms with van der Waals surface area (Å²) in [7, 11) is 0. The molecule has 4 rings (SSSR count). The van der Waals surface area contributed by atoms with Gasteiger partial charge in [0.1, 0.15) is 11.6 Å².